The molecule has 2 heterocycles. The molecule has 0 saturated carbocycles. The minimum absolute atomic E-state index is 0.523. The van der Waals surface area contributed by atoms with Crippen molar-refractivity contribution in [2.75, 3.05) is 6.54 Å². The first-order chi connectivity index (χ1) is 8.29. The Morgan fingerprint density at radius 2 is 2.47 bits per heavy atom. The maximum absolute atomic E-state index is 4.36. The van der Waals surface area contributed by atoms with Gasteiger partial charge in [0, 0.05) is 31.6 Å². The molecule has 17 heavy (non-hydrogen) atoms. The molecule has 0 saturated heterocycles. The summed E-state index contributed by atoms with van der Waals surface area (Å²) in [6, 6.07) is 1.15. The maximum atomic E-state index is 4.36. The summed E-state index contributed by atoms with van der Waals surface area (Å²) in [4.78, 5) is 7.54. The number of aromatic amines is 1. The number of aromatic nitrogens is 2. The fourth-order valence-electron chi connectivity index (χ4n) is 2.33. The molecule has 4 nitrogen and oxygen atoms in total. The highest BCUT2D eigenvalue weighted by Gasteiger charge is 2.19. The van der Waals surface area contributed by atoms with Gasteiger partial charge in [-0.15, -0.1) is 0 Å². The van der Waals surface area contributed by atoms with E-state index in [1.807, 2.05) is 0 Å². The summed E-state index contributed by atoms with van der Waals surface area (Å²) in [5, 5.41) is 7.15. The quantitative estimate of drug-likeness (QED) is 0.703. The number of hydrogen-bond donors (Lipinski definition) is 3. The second kappa shape index (κ2) is 6.17. The summed E-state index contributed by atoms with van der Waals surface area (Å²) in [5.74, 6) is 0. The van der Waals surface area contributed by atoms with Gasteiger partial charge < -0.3 is 15.6 Å². The third-order valence-electron chi connectivity index (χ3n) is 3.52. The molecule has 2 unspecified atom stereocenters. The minimum Gasteiger partial charge on any atom is -0.347 e. The first-order valence-electron chi connectivity index (χ1n) is 6.77. The van der Waals surface area contributed by atoms with Crippen LogP contribution in [0.1, 0.15) is 44.5 Å². The molecule has 0 bridgehead atoms. The molecule has 4 heteroatoms. The van der Waals surface area contributed by atoms with Crippen molar-refractivity contribution in [3.63, 3.8) is 0 Å². The van der Waals surface area contributed by atoms with Crippen molar-refractivity contribution >= 4 is 0 Å². The molecule has 0 aromatic carbocycles. The Morgan fingerprint density at radius 3 is 3.29 bits per heavy atom. The number of nitrogens with one attached hydrogen (secondary N) is 3. The van der Waals surface area contributed by atoms with Crippen LogP contribution in [0.25, 0.3) is 0 Å². The van der Waals surface area contributed by atoms with Crippen molar-refractivity contribution < 1.29 is 0 Å². The molecule has 1 aromatic heterocycles. The monoisotopic (exact) mass is 236 g/mol. The highest BCUT2D eigenvalue weighted by Crippen LogP contribution is 2.11. The molecular formula is C13H24N4. The largest absolute Gasteiger partial charge is 0.347 e. The van der Waals surface area contributed by atoms with Crippen LogP contribution in [0.5, 0.6) is 0 Å². The molecule has 2 rings (SSSR count). The summed E-state index contributed by atoms with van der Waals surface area (Å²) >= 11 is 0. The van der Waals surface area contributed by atoms with Crippen LogP contribution in [-0.4, -0.2) is 28.6 Å². The standard InChI is InChI=1S/C13H24N4/c1-3-4-5-10(2)14-7-11-6-12-13(8-15-11)17-9-16-12/h9-11,14-15H,3-8H2,1-2H3,(H,16,17). The molecule has 0 aliphatic carbocycles. The fourth-order valence-corrected chi connectivity index (χ4v) is 2.33. The molecular weight excluding hydrogens is 212 g/mol. The summed E-state index contributed by atoms with van der Waals surface area (Å²) in [6.07, 6.45) is 6.70. The molecule has 3 N–H and O–H groups in total. The topological polar surface area (TPSA) is 52.7 Å². The predicted molar refractivity (Wildman–Crippen MR) is 69.9 cm³/mol. The number of hydrogen-bond acceptors (Lipinski definition) is 3. The Morgan fingerprint density at radius 1 is 1.59 bits per heavy atom. The number of nitrogens with zero attached hydrogens (tertiary/aromatic N) is 1. The van der Waals surface area contributed by atoms with Gasteiger partial charge >= 0.3 is 0 Å². The van der Waals surface area contributed by atoms with Crippen LogP contribution < -0.4 is 10.6 Å². The van der Waals surface area contributed by atoms with Crippen LogP contribution in [0, 0.1) is 0 Å². The number of imidazole rings is 1. The van der Waals surface area contributed by atoms with Gasteiger partial charge in [-0.3, -0.25) is 0 Å². The number of H-pyrrole nitrogens is 1. The van der Waals surface area contributed by atoms with E-state index in [0.29, 0.717) is 12.1 Å². The molecule has 1 aliphatic heterocycles. The third kappa shape index (κ3) is 3.54. The van der Waals surface area contributed by atoms with E-state index >= 15 is 0 Å². The zero-order chi connectivity index (χ0) is 12.1. The molecule has 1 aliphatic rings. The lowest BCUT2D eigenvalue weighted by molar-refractivity contribution is 0.404. The van der Waals surface area contributed by atoms with Gasteiger partial charge in [0.1, 0.15) is 0 Å². The van der Waals surface area contributed by atoms with Crippen molar-refractivity contribution in [1.29, 1.82) is 0 Å². The van der Waals surface area contributed by atoms with Crippen molar-refractivity contribution in [3.8, 4) is 0 Å². The fraction of sp³-hybridized carbons (Fsp3) is 0.769. The van der Waals surface area contributed by atoms with Crippen molar-refractivity contribution in [2.24, 2.45) is 0 Å². The van der Waals surface area contributed by atoms with Crippen molar-refractivity contribution in [2.45, 2.75) is 58.2 Å². The van der Waals surface area contributed by atoms with Crippen molar-refractivity contribution in [1.82, 2.24) is 20.6 Å². The van der Waals surface area contributed by atoms with E-state index in [0.717, 1.165) is 19.5 Å². The first-order valence-corrected chi connectivity index (χ1v) is 6.77. The van der Waals surface area contributed by atoms with Gasteiger partial charge in [0.05, 0.1) is 17.7 Å². The van der Waals surface area contributed by atoms with Gasteiger partial charge in [-0.05, 0) is 13.3 Å². The van der Waals surface area contributed by atoms with E-state index in [9.17, 15) is 0 Å². The predicted octanol–water partition coefficient (Wildman–Crippen LogP) is 1.59. The average molecular weight is 236 g/mol. The van der Waals surface area contributed by atoms with Crippen LogP contribution in [0.15, 0.2) is 6.33 Å². The van der Waals surface area contributed by atoms with Crippen LogP contribution in [0.4, 0.5) is 0 Å². The first kappa shape index (κ1) is 12.6. The van der Waals surface area contributed by atoms with Gasteiger partial charge in [-0.25, -0.2) is 4.98 Å². The lowest BCUT2D eigenvalue weighted by Crippen LogP contribution is -2.45. The Kier molecular flexibility index (Phi) is 4.57. The highest BCUT2D eigenvalue weighted by molar-refractivity contribution is 5.15. The summed E-state index contributed by atoms with van der Waals surface area (Å²) in [6.45, 7) is 6.48. The number of unbranched alkanes of at least 4 members (excludes halogenated alkanes) is 1. The van der Waals surface area contributed by atoms with Gasteiger partial charge in [0.2, 0.25) is 0 Å². The van der Waals surface area contributed by atoms with Gasteiger partial charge in [-0.2, -0.15) is 0 Å². The van der Waals surface area contributed by atoms with E-state index in [-0.39, 0.29) is 0 Å². The average Bonchev–Trinajstić information content (AvgIpc) is 2.81. The SMILES string of the molecule is CCCCC(C)NCC1Cc2nc[nH]c2CN1. The van der Waals surface area contributed by atoms with E-state index in [4.69, 9.17) is 0 Å². The molecule has 96 valence electrons. The molecule has 2 atom stereocenters. The van der Waals surface area contributed by atoms with Crippen LogP contribution in [0.3, 0.4) is 0 Å². The van der Waals surface area contributed by atoms with Crippen molar-refractivity contribution in [3.05, 3.63) is 17.7 Å². The molecule has 0 spiro atoms. The zero-order valence-electron chi connectivity index (χ0n) is 10.9. The van der Waals surface area contributed by atoms with Gasteiger partial charge in [0.25, 0.3) is 0 Å². The third-order valence-corrected chi connectivity index (χ3v) is 3.52. The Balaban J connectivity index is 1.71. The van der Waals surface area contributed by atoms with E-state index in [1.165, 1.54) is 30.7 Å². The Labute approximate surface area is 104 Å². The lowest BCUT2D eigenvalue weighted by Gasteiger charge is -2.25. The lowest BCUT2D eigenvalue weighted by atomic mass is 10.0. The summed E-state index contributed by atoms with van der Waals surface area (Å²) in [7, 11) is 0. The zero-order valence-corrected chi connectivity index (χ0v) is 10.9. The minimum atomic E-state index is 0.523. The molecule has 0 fully saturated rings. The van der Waals surface area contributed by atoms with E-state index in [1.54, 1.807) is 6.33 Å². The number of rotatable bonds is 6. The summed E-state index contributed by atoms with van der Waals surface area (Å²) in [5.41, 5.74) is 2.48. The smallest absolute Gasteiger partial charge is 0.0925 e. The van der Waals surface area contributed by atoms with Crippen LogP contribution in [-0.2, 0) is 13.0 Å². The van der Waals surface area contributed by atoms with Crippen LogP contribution in [0.2, 0.25) is 0 Å². The number of fused-ring (bicyclic) bond motifs is 1. The molecule has 0 amide bonds. The summed E-state index contributed by atoms with van der Waals surface area (Å²) < 4.78 is 0. The second-order valence-corrected chi connectivity index (χ2v) is 5.06. The van der Waals surface area contributed by atoms with E-state index < -0.39 is 0 Å². The molecule has 0 radical (unpaired) electrons. The van der Waals surface area contributed by atoms with E-state index in [2.05, 4.69) is 34.4 Å². The Bertz CT molecular complexity index is 334. The molecule has 1 aromatic rings. The second-order valence-electron chi connectivity index (χ2n) is 5.06. The highest BCUT2D eigenvalue weighted by atomic mass is 15.0. The van der Waals surface area contributed by atoms with Crippen LogP contribution >= 0.6 is 0 Å². The van der Waals surface area contributed by atoms with Gasteiger partial charge in [-0.1, -0.05) is 19.8 Å². The Hall–Kier alpha value is -0.870. The normalized spacial score (nSPS) is 21.2. The maximum Gasteiger partial charge on any atom is 0.0925 e. The van der Waals surface area contributed by atoms with Gasteiger partial charge in [0.15, 0.2) is 0 Å².